The van der Waals surface area contributed by atoms with E-state index in [2.05, 4.69) is 42.3 Å². The summed E-state index contributed by atoms with van der Waals surface area (Å²) in [5.41, 5.74) is 3.34. The monoisotopic (exact) mass is 529 g/mol. The van der Waals surface area contributed by atoms with E-state index in [-0.39, 0.29) is 5.69 Å². The molecule has 3 aromatic rings. The fourth-order valence-electron chi connectivity index (χ4n) is 3.35. The number of nitrogens with one attached hydrogen (secondary N) is 3. The standard InChI is InChI=1S/C24H22F3N7O4/c1-14(38-22(36)24(25,26)27)21(35)31-17-5-3-16(4-6-17)30-20-19(15-7-9-37-10-8-15)12-28-23(33-20)32-18-11-29-34(2)13-18/h3-7,11-13H,1,8-10H2,2H3,(H,31,35)(H2,28,30,32,33). The van der Waals surface area contributed by atoms with Crippen molar-refractivity contribution in [2.24, 2.45) is 7.05 Å². The summed E-state index contributed by atoms with van der Waals surface area (Å²) >= 11 is 0. The molecule has 0 spiro atoms. The van der Waals surface area contributed by atoms with Gasteiger partial charge in [0.25, 0.3) is 5.91 Å². The normalized spacial score (nSPS) is 13.3. The second-order valence-electron chi connectivity index (χ2n) is 8.00. The first-order valence-electron chi connectivity index (χ1n) is 11.1. The van der Waals surface area contributed by atoms with Gasteiger partial charge in [0.15, 0.2) is 5.76 Å². The maximum absolute atomic E-state index is 12.3. The number of benzene rings is 1. The molecule has 1 aliphatic rings. The molecule has 1 aliphatic heterocycles. The second kappa shape index (κ2) is 11.1. The van der Waals surface area contributed by atoms with E-state index in [1.54, 1.807) is 42.5 Å². The smallest absolute Gasteiger partial charge is 0.415 e. The van der Waals surface area contributed by atoms with Crippen LogP contribution in [0.2, 0.25) is 0 Å². The maximum Gasteiger partial charge on any atom is 0.491 e. The van der Waals surface area contributed by atoms with Crippen LogP contribution in [0.1, 0.15) is 12.0 Å². The zero-order valence-electron chi connectivity index (χ0n) is 20.0. The van der Waals surface area contributed by atoms with Gasteiger partial charge < -0.3 is 25.4 Å². The Kier molecular flexibility index (Phi) is 7.71. The average Bonchev–Trinajstić information content (AvgIpc) is 3.29. The molecule has 0 atom stereocenters. The number of amides is 1. The minimum absolute atomic E-state index is 0.235. The molecule has 0 fully saturated rings. The Morgan fingerprint density at radius 3 is 2.47 bits per heavy atom. The van der Waals surface area contributed by atoms with E-state index in [9.17, 15) is 22.8 Å². The molecule has 0 aliphatic carbocycles. The Balaban J connectivity index is 1.49. The second-order valence-corrected chi connectivity index (χ2v) is 8.00. The molecule has 4 rings (SSSR count). The van der Waals surface area contributed by atoms with Gasteiger partial charge in [0.05, 0.1) is 25.1 Å². The lowest BCUT2D eigenvalue weighted by Gasteiger charge is -2.18. The summed E-state index contributed by atoms with van der Waals surface area (Å²) in [4.78, 5) is 32.0. The summed E-state index contributed by atoms with van der Waals surface area (Å²) in [7, 11) is 1.79. The molecule has 0 saturated heterocycles. The van der Waals surface area contributed by atoms with Gasteiger partial charge in [-0.1, -0.05) is 12.7 Å². The molecule has 0 saturated carbocycles. The van der Waals surface area contributed by atoms with E-state index in [1.807, 2.05) is 6.08 Å². The first kappa shape index (κ1) is 26.3. The van der Waals surface area contributed by atoms with Crippen LogP contribution < -0.4 is 16.0 Å². The third-order valence-corrected chi connectivity index (χ3v) is 5.17. The Bertz CT molecular complexity index is 1380. The highest BCUT2D eigenvalue weighted by atomic mass is 19.4. The largest absolute Gasteiger partial charge is 0.491 e. The molecular weight excluding hydrogens is 507 g/mol. The molecule has 14 heteroatoms. The summed E-state index contributed by atoms with van der Waals surface area (Å²) in [5.74, 6) is -3.76. The van der Waals surface area contributed by atoms with Crippen LogP contribution in [0.4, 0.5) is 42.0 Å². The van der Waals surface area contributed by atoms with Crippen LogP contribution in [0, 0.1) is 0 Å². The Morgan fingerprint density at radius 1 is 1.11 bits per heavy atom. The molecule has 3 heterocycles. The number of carbonyl (C=O) groups is 2. The highest BCUT2D eigenvalue weighted by Gasteiger charge is 2.42. The fraction of sp³-hybridized carbons (Fsp3) is 0.208. The number of alkyl halides is 3. The number of esters is 1. The van der Waals surface area contributed by atoms with Crippen LogP contribution in [-0.4, -0.2) is 51.0 Å². The number of rotatable bonds is 8. The van der Waals surface area contributed by atoms with Crippen molar-refractivity contribution in [2.75, 3.05) is 29.2 Å². The van der Waals surface area contributed by atoms with Gasteiger partial charge in [-0.15, -0.1) is 0 Å². The van der Waals surface area contributed by atoms with E-state index < -0.39 is 23.8 Å². The lowest BCUT2D eigenvalue weighted by Crippen LogP contribution is -2.28. The number of hydrogen-bond acceptors (Lipinski definition) is 9. The average molecular weight is 529 g/mol. The van der Waals surface area contributed by atoms with Crippen molar-refractivity contribution >= 4 is 46.3 Å². The molecular formula is C24H22F3N7O4. The summed E-state index contributed by atoms with van der Waals surface area (Å²) in [5, 5.41) is 12.7. The lowest BCUT2D eigenvalue weighted by molar-refractivity contribution is -0.195. The Labute approximate surface area is 214 Å². The molecule has 0 radical (unpaired) electrons. The minimum Gasteiger partial charge on any atom is -0.415 e. The van der Waals surface area contributed by atoms with Crippen LogP contribution in [0.3, 0.4) is 0 Å². The number of ether oxygens (including phenoxy) is 2. The van der Waals surface area contributed by atoms with Gasteiger partial charge in [0.2, 0.25) is 5.95 Å². The molecule has 0 unspecified atom stereocenters. The van der Waals surface area contributed by atoms with Gasteiger partial charge in [-0.3, -0.25) is 9.48 Å². The maximum atomic E-state index is 12.3. The number of hydrogen-bond donors (Lipinski definition) is 3. The van der Waals surface area contributed by atoms with E-state index >= 15 is 0 Å². The van der Waals surface area contributed by atoms with Gasteiger partial charge >= 0.3 is 12.1 Å². The number of nitrogens with zero attached hydrogens (tertiary/aromatic N) is 4. The van der Waals surface area contributed by atoms with E-state index in [0.717, 1.165) is 11.1 Å². The Morgan fingerprint density at radius 2 is 1.84 bits per heavy atom. The molecule has 0 bridgehead atoms. The zero-order valence-corrected chi connectivity index (χ0v) is 20.0. The lowest BCUT2D eigenvalue weighted by atomic mass is 10.0. The van der Waals surface area contributed by atoms with Crippen molar-refractivity contribution in [2.45, 2.75) is 12.6 Å². The number of aryl methyl sites for hydroxylation is 1. The van der Waals surface area contributed by atoms with Crippen molar-refractivity contribution in [3.8, 4) is 0 Å². The number of halogens is 3. The van der Waals surface area contributed by atoms with E-state index in [4.69, 9.17) is 4.74 Å². The summed E-state index contributed by atoms with van der Waals surface area (Å²) in [6.45, 7) is 4.11. The molecule has 38 heavy (non-hydrogen) atoms. The SMILES string of the molecule is C=C(OC(=O)C(F)(F)F)C(=O)Nc1ccc(Nc2nc(Nc3cnn(C)c3)ncc2C2=CCOCC2)cc1. The predicted molar refractivity (Wildman–Crippen MR) is 132 cm³/mol. The highest BCUT2D eigenvalue weighted by molar-refractivity contribution is 6.03. The topological polar surface area (TPSA) is 132 Å². The van der Waals surface area contributed by atoms with Crippen molar-refractivity contribution in [1.29, 1.82) is 0 Å². The van der Waals surface area contributed by atoms with Crippen LogP contribution in [0.5, 0.6) is 0 Å². The summed E-state index contributed by atoms with van der Waals surface area (Å²) in [6.07, 6.45) is 2.51. The van der Waals surface area contributed by atoms with Crippen LogP contribution in [-0.2, 0) is 26.1 Å². The van der Waals surface area contributed by atoms with E-state index in [1.165, 1.54) is 12.1 Å². The van der Waals surface area contributed by atoms with Gasteiger partial charge in [-0.25, -0.2) is 9.78 Å². The van der Waals surface area contributed by atoms with Crippen molar-refractivity contribution in [1.82, 2.24) is 19.7 Å². The zero-order chi connectivity index (χ0) is 27.3. The first-order chi connectivity index (χ1) is 18.1. The minimum atomic E-state index is -5.25. The molecule has 11 nitrogen and oxygen atoms in total. The van der Waals surface area contributed by atoms with Crippen LogP contribution in [0.25, 0.3) is 5.57 Å². The van der Waals surface area contributed by atoms with Gasteiger partial charge in [-0.2, -0.15) is 23.3 Å². The quantitative estimate of drug-likeness (QED) is 0.225. The predicted octanol–water partition coefficient (Wildman–Crippen LogP) is 4.06. The third kappa shape index (κ3) is 6.73. The highest BCUT2D eigenvalue weighted by Crippen LogP contribution is 2.30. The first-order valence-corrected chi connectivity index (χ1v) is 11.1. The molecule has 3 N–H and O–H groups in total. The summed E-state index contributed by atoms with van der Waals surface area (Å²) < 4.78 is 48.0. The van der Waals surface area contributed by atoms with E-state index in [0.29, 0.717) is 42.8 Å². The van der Waals surface area contributed by atoms with Crippen LogP contribution in [0.15, 0.2) is 61.3 Å². The van der Waals surface area contributed by atoms with Crippen LogP contribution >= 0.6 is 0 Å². The molecule has 2 aromatic heterocycles. The number of anilines is 5. The van der Waals surface area contributed by atoms with Gasteiger partial charge in [0, 0.05) is 36.4 Å². The van der Waals surface area contributed by atoms with Crippen molar-refractivity contribution < 1.29 is 32.2 Å². The van der Waals surface area contributed by atoms with Crippen molar-refractivity contribution in [3.05, 3.63) is 66.8 Å². The van der Waals surface area contributed by atoms with Gasteiger partial charge in [0.1, 0.15) is 5.82 Å². The van der Waals surface area contributed by atoms with Gasteiger partial charge in [-0.05, 0) is 36.3 Å². The summed E-state index contributed by atoms with van der Waals surface area (Å²) in [6, 6.07) is 6.25. The molecule has 1 amide bonds. The third-order valence-electron chi connectivity index (χ3n) is 5.17. The number of aromatic nitrogens is 4. The fourth-order valence-corrected chi connectivity index (χ4v) is 3.35. The molecule has 198 valence electrons. The molecule has 1 aromatic carbocycles. The van der Waals surface area contributed by atoms with Crippen molar-refractivity contribution in [3.63, 3.8) is 0 Å². The number of carbonyl (C=O) groups excluding carboxylic acids is 2. The Hall–Kier alpha value is -4.72.